The van der Waals surface area contributed by atoms with Crippen molar-refractivity contribution < 1.29 is 21.6 Å². The molecular formula is C3H7F3N2O2S. The van der Waals surface area contributed by atoms with E-state index in [1.54, 1.807) is 0 Å². The standard InChI is InChI=1S/C3H7F3N2O2S/c1-2(3(4,5)6)8-11(7,9)10/h2,8H,1H3,(H2,7,9,10)/t2-/m0/s1. The maximum atomic E-state index is 11.6. The van der Waals surface area contributed by atoms with Crippen molar-refractivity contribution in [3.8, 4) is 0 Å². The van der Waals surface area contributed by atoms with Crippen molar-refractivity contribution in [2.24, 2.45) is 5.14 Å². The summed E-state index contributed by atoms with van der Waals surface area (Å²) in [5.74, 6) is 0. The van der Waals surface area contributed by atoms with Gasteiger partial charge in [-0.15, -0.1) is 0 Å². The maximum Gasteiger partial charge on any atom is 0.404 e. The monoisotopic (exact) mass is 192 g/mol. The molecule has 0 aliphatic carbocycles. The Morgan fingerprint density at radius 3 is 1.91 bits per heavy atom. The molecular weight excluding hydrogens is 185 g/mol. The zero-order valence-electron chi connectivity index (χ0n) is 5.51. The van der Waals surface area contributed by atoms with E-state index in [-0.39, 0.29) is 0 Å². The first kappa shape index (κ1) is 10.7. The van der Waals surface area contributed by atoms with Crippen molar-refractivity contribution in [3.63, 3.8) is 0 Å². The molecule has 1 atom stereocenters. The highest BCUT2D eigenvalue weighted by Gasteiger charge is 2.37. The zero-order chi connectivity index (χ0) is 9.28. The molecule has 0 bridgehead atoms. The second kappa shape index (κ2) is 2.95. The minimum Gasteiger partial charge on any atom is -0.216 e. The number of alkyl halides is 3. The SMILES string of the molecule is C[C@H](NS(N)(=O)=O)C(F)(F)F. The second-order valence-corrected chi connectivity index (χ2v) is 3.25. The van der Waals surface area contributed by atoms with Gasteiger partial charge in [0.05, 0.1) is 0 Å². The van der Waals surface area contributed by atoms with E-state index in [0.29, 0.717) is 6.92 Å². The molecule has 8 heteroatoms. The number of hydrogen-bond donors (Lipinski definition) is 2. The lowest BCUT2D eigenvalue weighted by Gasteiger charge is -2.14. The number of nitrogens with two attached hydrogens (primary N) is 1. The van der Waals surface area contributed by atoms with Crippen molar-refractivity contribution in [3.05, 3.63) is 0 Å². The van der Waals surface area contributed by atoms with Gasteiger partial charge < -0.3 is 0 Å². The smallest absolute Gasteiger partial charge is 0.216 e. The summed E-state index contributed by atoms with van der Waals surface area (Å²) in [5.41, 5.74) is 0. The summed E-state index contributed by atoms with van der Waals surface area (Å²) in [6, 6.07) is -2.16. The quantitative estimate of drug-likeness (QED) is 0.632. The zero-order valence-corrected chi connectivity index (χ0v) is 6.33. The Kier molecular flexibility index (Phi) is 2.86. The Balaban J connectivity index is 4.21. The molecule has 0 saturated carbocycles. The molecule has 0 saturated heterocycles. The molecule has 68 valence electrons. The van der Waals surface area contributed by atoms with Crippen molar-refractivity contribution >= 4 is 10.2 Å². The van der Waals surface area contributed by atoms with Crippen LogP contribution in [-0.4, -0.2) is 20.6 Å². The Bertz CT molecular complexity index is 221. The highest BCUT2D eigenvalue weighted by Crippen LogP contribution is 2.19. The first-order valence-corrected chi connectivity index (χ1v) is 4.04. The molecule has 0 unspecified atom stereocenters. The van der Waals surface area contributed by atoms with Crippen LogP contribution in [-0.2, 0) is 10.2 Å². The lowest BCUT2D eigenvalue weighted by Crippen LogP contribution is -2.45. The van der Waals surface area contributed by atoms with Crippen LogP contribution in [0.15, 0.2) is 0 Å². The average molecular weight is 192 g/mol. The molecule has 0 radical (unpaired) electrons. The van der Waals surface area contributed by atoms with E-state index in [2.05, 4.69) is 5.14 Å². The summed E-state index contributed by atoms with van der Waals surface area (Å²) in [5, 5.41) is 4.29. The third kappa shape index (κ3) is 4.99. The third-order valence-electron chi connectivity index (χ3n) is 0.832. The molecule has 3 N–H and O–H groups in total. The molecule has 4 nitrogen and oxygen atoms in total. The second-order valence-electron chi connectivity index (χ2n) is 1.93. The van der Waals surface area contributed by atoms with E-state index in [1.807, 2.05) is 0 Å². The molecule has 11 heavy (non-hydrogen) atoms. The Morgan fingerprint density at radius 2 is 1.82 bits per heavy atom. The van der Waals surface area contributed by atoms with Crippen LogP contribution in [0.4, 0.5) is 13.2 Å². The highest BCUT2D eigenvalue weighted by atomic mass is 32.2. The van der Waals surface area contributed by atoms with Gasteiger partial charge in [-0.1, -0.05) is 0 Å². The van der Waals surface area contributed by atoms with E-state index in [9.17, 15) is 21.6 Å². The van der Waals surface area contributed by atoms with Crippen LogP contribution < -0.4 is 9.86 Å². The molecule has 0 fully saturated rings. The minimum atomic E-state index is -4.60. The van der Waals surface area contributed by atoms with Gasteiger partial charge in [-0.25, -0.2) is 5.14 Å². The minimum absolute atomic E-state index is 0.657. The lowest BCUT2D eigenvalue weighted by atomic mass is 10.4. The topological polar surface area (TPSA) is 72.2 Å². The van der Waals surface area contributed by atoms with Crippen LogP contribution in [0.5, 0.6) is 0 Å². The molecule has 0 aliphatic rings. The van der Waals surface area contributed by atoms with E-state index < -0.39 is 22.4 Å². The lowest BCUT2D eigenvalue weighted by molar-refractivity contribution is -0.147. The summed E-state index contributed by atoms with van der Waals surface area (Å²) >= 11 is 0. The highest BCUT2D eigenvalue weighted by molar-refractivity contribution is 7.87. The predicted octanol–water partition coefficient (Wildman–Crippen LogP) is -0.270. The number of rotatable bonds is 2. The fraction of sp³-hybridized carbons (Fsp3) is 1.00. The molecule has 0 aromatic rings. The molecule has 0 heterocycles. The first-order chi connectivity index (χ1) is 4.63. The van der Waals surface area contributed by atoms with E-state index in [1.165, 1.54) is 4.72 Å². The van der Waals surface area contributed by atoms with Crippen molar-refractivity contribution in [1.82, 2.24) is 4.72 Å². The van der Waals surface area contributed by atoms with Gasteiger partial charge in [0.2, 0.25) is 0 Å². The summed E-state index contributed by atoms with van der Waals surface area (Å²) in [6.45, 7) is 0.657. The van der Waals surface area contributed by atoms with Gasteiger partial charge in [-0.3, -0.25) is 0 Å². The maximum absolute atomic E-state index is 11.6. The Morgan fingerprint density at radius 1 is 1.45 bits per heavy atom. The first-order valence-electron chi connectivity index (χ1n) is 2.49. The molecule has 0 rings (SSSR count). The van der Waals surface area contributed by atoms with Crippen LogP contribution >= 0.6 is 0 Å². The van der Waals surface area contributed by atoms with Crippen molar-refractivity contribution in [2.75, 3.05) is 0 Å². The van der Waals surface area contributed by atoms with Gasteiger partial charge in [-0.2, -0.15) is 26.3 Å². The molecule has 0 aliphatic heterocycles. The van der Waals surface area contributed by atoms with Gasteiger partial charge in [-0.05, 0) is 6.92 Å². The van der Waals surface area contributed by atoms with Crippen LogP contribution in [0.25, 0.3) is 0 Å². The largest absolute Gasteiger partial charge is 0.404 e. The van der Waals surface area contributed by atoms with Gasteiger partial charge in [0.15, 0.2) is 0 Å². The average Bonchev–Trinajstić information content (AvgIpc) is 1.56. The van der Waals surface area contributed by atoms with Crippen LogP contribution in [0, 0.1) is 0 Å². The molecule has 0 aromatic heterocycles. The molecule has 0 spiro atoms. The Labute approximate surface area is 61.8 Å². The van der Waals surface area contributed by atoms with Crippen LogP contribution in [0.3, 0.4) is 0 Å². The van der Waals surface area contributed by atoms with Gasteiger partial charge in [0.25, 0.3) is 10.2 Å². The van der Waals surface area contributed by atoms with E-state index in [4.69, 9.17) is 0 Å². The third-order valence-corrected chi connectivity index (χ3v) is 1.51. The number of halogens is 3. The van der Waals surface area contributed by atoms with Gasteiger partial charge in [0, 0.05) is 0 Å². The van der Waals surface area contributed by atoms with Crippen LogP contribution in [0.1, 0.15) is 6.92 Å². The van der Waals surface area contributed by atoms with Crippen LogP contribution in [0.2, 0.25) is 0 Å². The normalized spacial score (nSPS) is 16.5. The number of nitrogens with one attached hydrogen (secondary N) is 1. The fourth-order valence-electron chi connectivity index (χ4n) is 0.313. The fourth-order valence-corrected chi connectivity index (χ4v) is 0.940. The summed E-state index contributed by atoms with van der Waals surface area (Å²) in [4.78, 5) is 0. The Hall–Kier alpha value is -0.340. The van der Waals surface area contributed by atoms with Gasteiger partial charge in [0.1, 0.15) is 6.04 Å². The van der Waals surface area contributed by atoms with Crippen molar-refractivity contribution in [2.45, 2.75) is 19.1 Å². The molecule has 0 amide bonds. The molecule has 0 aromatic carbocycles. The number of hydrogen-bond acceptors (Lipinski definition) is 2. The summed E-state index contributed by atoms with van der Waals surface area (Å²) in [7, 11) is -4.28. The predicted molar refractivity (Wildman–Crippen MR) is 31.8 cm³/mol. The van der Waals surface area contributed by atoms with Gasteiger partial charge >= 0.3 is 6.18 Å². The van der Waals surface area contributed by atoms with E-state index in [0.717, 1.165) is 0 Å². The summed E-state index contributed by atoms with van der Waals surface area (Å²) in [6.07, 6.45) is -4.60. The van der Waals surface area contributed by atoms with E-state index >= 15 is 0 Å². The summed E-state index contributed by atoms with van der Waals surface area (Å²) < 4.78 is 56.1. The van der Waals surface area contributed by atoms with Crippen molar-refractivity contribution in [1.29, 1.82) is 0 Å².